The van der Waals surface area contributed by atoms with E-state index in [0.717, 1.165) is 5.56 Å². The van der Waals surface area contributed by atoms with E-state index in [1.807, 2.05) is 0 Å². The number of pyridine rings is 1. The smallest absolute Gasteiger partial charge is 0.251 e. The zero-order valence-electron chi connectivity index (χ0n) is 12.2. The summed E-state index contributed by atoms with van der Waals surface area (Å²) in [5.41, 5.74) is 6.37. The molecular formula is C16H13FN4O2. The lowest BCUT2D eigenvalue weighted by Gasteiger charge is -2.10. The monoisotopic (exact) mass is 312 g/mol. The third-order valence-electron chi connectivity index (χ3n) is 3.34. The van der Waals surface area contributed by atoms with Gasteiger partial charge in [-0.25, -0.2) is 14.4 Å². The molecule has 1 aromatic carbocycles. The lowest BCUT2D eigenvalue weighted by atomic mass is 10.1. The van der Waals surface area contributed by atoms with E-state index in [4.69, 9.17) is 10.5 Å². The average molecular weight is 312 g/mol. The topological polar surface area (TPSA) is 83.0 Å². The van der Waals surface area contributed by atoms with Crippen molar-refractivity contribution in [1.29, 1.82) is 0 Å². The van der Waals surface area contributed by atoms with Gasteiger partial charge in [0.1, 0.15) is 11.6 Å². The average Bonchev–Trinajstić information content (AvgIpc) is 3.04. The molecule has 116 valence electrons. The van der Waals surface area contributed by atoms with E-state index in [1.165, 1.54) is 19.2 Å². The van der Waals surface area contributed by atoms with Gasteiger partial charge in [0.05, 0.1) is 12.7 Å². The summed E-state index contributed by atoms with van der Waals surface area (Å²) in [5.74, 6) is -0.424. The van der Waals surface area contributed by atoms with Crippen LogP contribution in [0.15, 0.2) is 48.9 Å². The second-order valence-electron chi connectivity index (χ2n) is 4.74. The largest absolute Gasteiger partial charge is 0.481 e. The van der Waals surface area contributed by atoms with Crippen molar-refractivity contribution in [2.75, 3.05) is 7.11 Å². The van der Waals surface area contributed by atoms with Crippen molar-refractivity contribution >= 4 is 5.91 Å². The molecule has 7 heteroatoms. The maximum Gasteiger partial charge on any atom is 0.251 e. The van der Waals surface area contributed by atoms with Gasteiger partial charge in [-0.15, -0.1) is 0 Å². The van der Waals surface area contributed by atoms with Crippen LogP contribution < -0.4 is 10.5 Å². The maximum absolute atomic E-state index is 13.6. The van der Waals surface area contributed by atoms with Crippen molar-refractivity contribution in [3.8, 4) is 23.0 Å². The Hall–Kier alpha value is -3.22. The van der Waals surface area contributed by atoms with Gasteiger partial charge in [-0.2, -0.15) is 0 Å². The second kappa shape index (κ2) is 5.88. The molecule has 0 fully saturated rings. The first-order chi connectivity index (χ1) is 11.1. The fourth-order valence-corrected chi connectivity index (χ4v) is 2.24. The standard InChI is InChI=1S/C16H13FN4O2/c1-23-14-8-10(4-5-19-14)16-20-6-7-21(16)11-2-3-13(17)12(9-11)15(18)22/h2-9H,1H3,(H2,18,22). The molecule has 0 bridgehead atoms. The number of nitrogens with zero attached hydrogens (tertiary/aromatic N) is 3. The Morgan fingerprint density at radius 2 is 2.04 bits per heavy atom. The third-order valence-corrected chi connectivity index (χ3v) is 3.34. The molecule has 0 saturated carbocycles. The Balaban J connectivity index is 2.11. The molecule has 2 N–H and O–H groups in total. The van der Waals surface area contributed by atoms with E-state index < -0.39 is 11.7 Å². The van der Waals surface area contributed by atoms with Crippen molar-refractivity contribution in [2.45, 2.75) is 0 Å². The van der Waals surface area contributed by atoms with Gasteiger partial charge < -0.3 is 10.5 Å². The fourth-order valence-electron chi connectivity index (χ4n) is 2.24. The number of primary amides is 1. The number of rotatable bonds is 4. The first-order valence-electron chi connectivity index (χ1n) is 6.73. The first-order valence-corrected chi connectivity index (χ1v) is 6.73. The van der Waals surface area contributed by atoms with Crippen LogP contribution in [0, 0.1) is 5.82 Å². The molecule has 0 aliphatic heterocycles. The number of amides is 1. The predicted molar refractivity (Wildman–Crippen MR) is 81.8 cm³/mol. The highest BCUT2D eigenvalue weighted by molar-refractivity contribution is 5.93. The van der Waals surface area contributed by atoms with E-state index in [9.17, 15) is 9.18 Å². The van der Waals surface area contributed by atoms with Gasteiger partial charge in [-0.05, 0) is 24.3 Å². The molecule has 0 atom stereocenters. The lowest BCUT2D eigenvalue weighted by Crippen LogP contribution is -2.13. The summed E-state index contributed by atoms with van der Waals surface area (Å²) in [6, 6.07) is 7.65. The normalized spacial score (nSPS) is 10.5. The third kappa shape index (κ3) is 2.76. The summed E-state index contributed by atoms with van der Waals surface area (Å²) in [6.07, 6.45) is 4.92. The molecule has 1 amide bonds. The Kier molecular flexibility index (Phi) is 3.76. The zero-order valence-corrected chi connectivity index (χ0v) is 12.2. The predicted octanol–water partition coefficient (Wildman–Crippen LogP) is 2.18. The molecule has 0 aliphatic carbocycles. The highest BCUT2D eigenvalue weighted by Gasteiger charge is 2.13. The van der Waals surface area contributed by atoms with Gasteiger partial charge in [0, 0.05) is 35.9 Å². The summed E-state index contributed by atoms with van der Waals surface area (Å²) in [6.45, 7) is 0. The molecule has 0 radical (unpaired) electrons. The van der Waals surface area contributed by atoms with Crippen molar-refractivity contribution < 1.29 is 13.9 Å². The molecular weight excluding hydrogens is 299 g/mol. The Morgan fingerprint density at radius 3 is 2.78 bits per heavy atom. The summed E-state index contributed by atoms with van der Waals surface area (Å²) in [7, 11) is 1.53. The Labute approximate surface area is 131 Å². The number of benzene rings is 1. The number of hydrogen-bond donors (Lipinski definition) is 1. The van der Waals surface area contributed by atoms with E-state index >= 15 is 0 Å². The molecule has 3 aromatic rings. The van der Waals surface area contributed by atoms with Gasteiger partial charge >= 0.3 is 0 Å². The van der Waals surface area contributed by atoms with Crippen molar-refractivity contribution in [2.24, 2.45) is 5.73 Å². The quantitative estimate of drug-likeness (QED) is 0.800. The lowest BCUT2D eigenvalue weighted by molar-refractivity contribution is 0.0996. The number of carbonyl (C=O) groups is 1. The Morgan fingerprint density at radius 1 is 1.22 bits per heavy atom. The van der Waals surface area contributed by atoms with Gasteiger partial charge in [-0.1, -0.05) is 0 Å². The highest BCUT2D eigenvalue weighted by Crippen LogP contribution is 2.24. The van der Waals surface area contributed by atoms with Crippen LogP contribution >= 0.6 is 0 Å². The van der Waals surface area contributed by atoms with Crippen LogP contribution in [0.2, 0.25) is 0 Å². The molecule has 6 nitrogen and oxygen atoms in total. The van der Waals surface area contributed by atoms with Crippen LogP contribution in [0.4, 0.5) is 4.39 Å². The van der Waals surface area contributed by atoms with Crippen molar-refractivity contribution in [3.05, 3.63) is 60.3 Å². The number of carbonyl (C=O) groups excluding carboxylic acids is 1. The highest BCUT2D eigenvalue weighted by atomic mass is 19.1. The van der Waals surface area contributed by atoms with Crippen LogP contribution in [0.1, 0.15) is 10.4 Å². The fraction of sp³-hybridized carbons (Fsp3) is 0.0625. The molecule has 0 aliphatic rings. The van der Waals surface area contributed by atoms with E-state index in [2.05, 4.69) is 9.97 Å². The zero-order chi connectivity index (χ0) is 16.4. The van der Waals surface area contributed by atoms with Crippen LogP contribution in [0.3, 0.4) is 0 Å². The summed E-state index contributed by atoms with van der Waals surface area (Å²) < 4.78 is 20.5. The van der Waals surface area contributed by atoms with E-state index in [-0.39, 0.29) is 5.56 Å². The van der Waals surface area contributed by atoms with Gasteiger partial charge in [0.2, 0.25) is 5.88 Å². The minimum atomic E-state index is -0.823. The van der Waals surface area contributed by atoms with Gasteiger partial charge in [0.25, 0.3) is 5.91 Å². The molecule has 2 heterocycles. The van der Waals surface area contributed by atoms with Crippen LogP contribution in [0.5, 0.6) is 5.88 Å². The molecule has 23 heavy (non-hydrogen) atoms. The second-order valence-corrected chi connectivity index (χ2v) is 4.74. The van der Waals surface area contributed by atoms with Crippen LogP contribution in [-0.4, -0.2) is 27.6 Å². The number of methoxy groups -OCH3 is 1. The van der Waals surface area contributed by atoms with Gasteiger partial charge in [-0.3, -0.25) is 9.36 Å². The minimum Gasteiger partial charge on any atom is -0.481 e. The first kappa shape index (κ1) is 14.7. The summed E-state index contributed by atoms with van der Waals surface area (Å²) in [5, 5.41) is 0. The number of halogens is 1. The summed E-state index contributed by atoms with van der Waals surface area (Å²) >= 11 is 0. The number of nitrogens with two attached hydrogens (primary N) is 1. The van der Waals surface area contributed by atoms with Crippen molar-refractivity contribution in [3.63, 3.8) is 0 Å². The number of ether oxygens (including phenoxy) is 1. The van der Waals surface area contributed by atoms with Crippen molar-refractivity contribution in [1.82, 2.24) is 14.5 Å². The van der Waals surface area contributed by atoms with E-state index in [0.29, 0.717) is 17.4 Å². The molecule has 0 saturated heterocycles. The molecule has 0 unspecified atom stereocenters. The maximum atomic E-state index is 13.6. The number of aromatic nitrogens is 3. The number of imidazole rings is 1. The number of hydrogen-bond acceptors (Lipinski definition) is 4. The SMILES string of the molecule is COc1cc(-c2nccn2-c2ccc(F)c(C(N)=O)c2)ccn1. The molecule has 2 aromatic heterocycles. The summed E-state index contributed by atoms with van der Waals surface area (Å²) in [4.78, 5) is 19.7. The van der Waals surface area contributed by atoms with Gasteiger partial charge in [0.15, 0.2) is 0 Å². The van der Waals surface area contributed by atoms with Crippen LogP contribution in [-0.2, 0) is 0 Å². The molecule has 3 rings (SSSR count). The van der Waals surface area contributed by atoms with E-state index in [1.54, 1.807) is 41.4 Å². The minimum absolute atomic E-state index is 0.172. The Bertz CT molecular complexity index is 876. The van der Waals surface area contributed by atoms with Crippen LogP contribution in [0.25, 0.3) is 17.1 Å². The molecule has 0 spiro atoms.